The summed E-state index contributed by atoms with van der Waals surface area (Å²) in [6.45, 7) is 4.80. The minimum Gasteiger partial charge on any atom is -0.478 e. The number of ether oxygens (including phenoxy) is 1. The SMILES string of the molecule is O=C(O)c1ccncc1NC1NN(CCN2CCOCC2)c2ccc(F)cc21. The third-order valence-electron chi connectivity index (χ3n) is 4.97. The van der Waals surface area contributed by atoms with Crippen molar-refractivity contribution in [2.75, 3.05) is 49.7 Å². The molecule has 0 saturated carbocycles. The van der Waals surface area contributed by atoms with E-state index in [0.717, 1.165) is 44.1 Å². The zero-order chi connectivity index (χ0) is 19.5. The predicted octanol–water partition coefficient (Wildman–Crippen LogP) is 1.69. The zero-order valence-corrected chi connectivity index (χ0v) is 15.3. The summed E-state index contributed by atoms with van der Waals surface area (Å²) in [5.74, 6) is -1.39. The molecule has 2 aliphatic rings. The number of fused-ring (bicyclic) bond motifs is 1. The number of carbonyl (C=O) groups is 1. The normalized spacial score (nSPS) is 19.5. The van der Waals surface area contributed by atoms with Gasteiger partial charge in [-0.1, -0.05) is 0 Å². The number of hydrogen-bond acceptors (Lipinski definition) is 7. The average Bonchev–Trinajstić information content (AvgIpc) is 3.04. The third kappa shape index (κ3) is 3.91. The summed E-state index contributed by atoms with van der Waals surface area (Å²) in [6, 6.07) is 6.06. The highest BCUT2D eigenvalue weighted by molar-refractivity contribution is 5.94. The number of nitrogens with zero attached hydrogens (tertiary/aromatic N) is 3. The Bertz CT molecular complexity index is 859. The number of morpholine rings is 1. The van der Waals surface area contributed by atoms with Crippen molar-refractivity contribution < 1.29 is 19.0 Å². The molecule has 0 radical (unpaired) electrons. The van der Waals surface area contributed by atoms with E-state index in [1.54, 1.807) is 6.07 Å². The third-order valence-corrected chi connectivity index (χ3v) is 4.97. The fraction of sp³-hybridized carbons (Fsp3) is 0.368. The molecule has 148 valence electrons. The molecule has 0 bridgehead atoms. The number of pyridine rings is 1. The molecule has 1 aromatic carbocycles. The Morgan fingerprint density at radius 3 is 2.93 bits per heavy atom. The molecule has 0 amide bonds. The first-order chi connectivity index (χ1) is 13.6. The number of aromatic carboxylic acids is 1. The van der Waals surface area contributed by atoms with Gasteiger partial charge in [0, 0.05) is 37.9 Å². The molecule has 4 rings (SSSR count). The van der Waals surface area contributed by atoms with Gasteiger partial charge in [-0.25, -0.2) is 14.6 Å². The average molecular weight is 387 g/mol. The lowest BCUT2D eigenvalue weighted by Gasteiger charge is -2.29. The maximum atomic E-state index is 13.9. The van der Waals surface area contributed by atoms with Crippen molar-refractivity contribution in [3.8, 4) is 0 Å². The second-order valence-electron chi connectivity index (χ2n) is 6.74. The van der Waals surface area contributed by atoms with Crippen LogP contribution in [-0.4, -0.2) is 60.4 Å². The predicted molar refractivity (Wildman–Crippen MR) is 102 cm³/mol. The van der Waals surface area contributed by atoms with Crippen LogP contribution in [0.2, 0.25) is 0 Å². The van der Waals surface area contributed by atoms with Crippen molar-refractivity contribution in [3.05, 3.63) is 53.6 Å². The molecule has 1 aromatic heterocycles. The van der Waals surface area contributed by atoms with Gasteiger partial charge in [-0.3, -0.25) is 9.88 Å². The summed E-state index contributed by atoms with van der Waals surface area (Å²) < 4.78 is 19.3. The largest absolute Gasteiger partial charge is 0.478 e. The fourth-order valence-electron chi connectivity index (χ4n) is 3.51. The Morgan fingerprint density at radius 1 is 1.32 bits per heavy atom. The van der Waals surface area contributed by atoms with Crippen molar-refractivity contribution >= 4 is 17.3 Å². The number of halogens is 1. The van der Waals surface area contributed by atoms with Crippen molar-refractivity contribution in [3.63, 3.8) is 0 Å². The van der Waals surface area contributed by atoms with Gasteiger partial charge in [0.25, 0.3) is 0 Å². The minimum atomic E-state index is -1.05. The standard InChI is InChI=1S/C19H22FN5O3/c20-13-1-2-17-15(11-13)18(22-16-12-21-4-3-14(16)19(26)27)23-25(17)6-5-24-7-9-28-10-8-24/h1-4,11-12,18,22-23H,5-10H2,(H,26,27). The van der Waals surface area contributed by atoms with Gasteiger partial charge in [0.2, 0.25) is 0 Å². The van der Waals surface area contributed by atoms with Gasteiger partial charge in [-0.05, 0) is 24.3 Å². The number of aromatic nitrogens is 1. The van der Waals surface area contributed by atoms with E-state index < -0.39 is 12.1 Å². The van der Waals surface area contributed by atoms with Gasteiger partial charge < -0.3 is 20.2 Å². The van der Waals surface area contributed by atoms with Crippen LogP contribution >= 0.6 is 0 Å². The van der Waals surface area contributed by atoms with Gasteiger partial charge in [-0.2, -0.15) is 0 Å². The molecule has 3 N–H and O–H groups in total. The lowest BCUT2D eigenvalue weighted by atomic mass is 10.1. The number of carboxylic acid groups (broad SMARTS) is 1. The van der Waals surface area contributed by atoms with Crippen molar-refractivity contribution in [2.45, 2.75) is 6.17 Å². The molecule has 3 heterocycles. The van der Waals surface area contributed by atoms with Crippen LogP contribution in [0.1, 0.15) is 22.1 Å². The van der Waals surface area contributed by atoms with Crippen LogP contribution in [0.15, 0.2) is 36.7 Å². The fourth-order valence-corrected chi connectivity index (χ4v) is 3.51. The van der Waals surface area contributed by atoms with E-state index in [0.29, 0.717) is 12.2 Å². The van der Waals surface area contributed by atoms with Gasteiger partial charge in [-0.15, -0.1) is 0 Å². The summed E-state index contributed by atoms with van der Waals surface area (Å²) in [5, 5.41) is 14.5. The summed E-state index contributed by atoms with van der Waals surface area (Å²) in [5.41, 5.74) is 5.39. The van der Waals surface area contributed by atoms with Crippen LogP contribution in [0.3, 0.4) is 0 Å². The maximum absolute atomic E-state index is 13.9. The number of carboxylic acids is 1. The summed E-state index contributed by atoms with van der Waals surface area (Å²) in [4.78, 5) is 17.8. The first-order valence-electron chi connectivity index (χ1n) is 9.19. The van der Waals surface area contributed by atoms with E-state index >= 15 is 0 Å². The topological polar surface area (TPSA) is 90.0 Å². The highest BCUT2D eigenvalue weighted by Gasteiger charge is 2.29. The molecule has 1 atom stereocenters. The Balaban J connectivity index is 1.53. The number of nitrogens with one attached hydrogen (secondary N) is 2. The van der Waals surface area contributed by atoms with E-state index in [9.17, 15) is 14.3 Å². The van der Waals surface area contributed by atoms with Crippen molar-refractivity contribution in [2.24, 2.45) is 0 Å². The number of hydrazine groups is 1. The van der Waals surface area contributed by atoms with E-state index in [-0.39, 0.29) is 11.4 Å². The number of hydrogen-bond donors (Lipinski definition) is 3. The van der Waals surface area contributed by atoms with Gasteiger partial charge in [0.1, 0.15) is 12.0 Å². The van der Waals surface area contributed by atoms with Gasteiger partial charge in [0.15, 0.2) is 0 Å². The second kappa shape index (κ2) is 8.09. The molecule has 1 saturated heterocycles. The van der Waals surface area contributed by atoms with E-state index in [1.165, 1.54) is 30.6 Å². The first-order valence-corrected chi connectivity index (χ1v) is 9.19. The highest BCUT2D eigenvalue weighted by atomic mass is 19.1. The number of rotatable bonds is 6. The maximum Gasteiger partial charge on any atom is 0.337 e. The van der Waals surface area contributed by atoms with Gasteiger partial charge in [0.05, 0.1) is 36.3 Å². The highest BCUT2D eigenvalue weighted by Crippen LogP contribution is 2.34. The van der Waals surface area contributed by atoms with Gasteiger partial charge >= 0.3 is 5.97 Å². The Hall–Kier alpha value is -2.75. The molecule has 0 spiro atoms. The molecular formula is C19H22FN5O3. The molecule has 8 nitrogen and oxygen atoms in total. The van der Waals surface area contributed by atoms with E-state index in [4.69, 9.17) is 4.74 Å². The lowest BCUT2D eigenvalue weighted by Crippen LogP contribution is -2.45. The van der Waals surface area contributed by atoms with E-state index in [1.807, 2.05) is 5.01 Å². The molecule has 1 unspecified atom stereocenters. The van der Waals surface area contributed by atoms with Crippen LogP contribution in [0.25, 0.3) is 0 Å². The van der Waals surface area contributed by atoms with Crippen molar-refractivity contribution in [1.29, 1.82) is 0 Å². The monoisotopic (exact) mass is 387 g/mol. The molecule has 1 fully saturated rings. The second-order valence-corrected chi connectivity index (χ2v) is 6.74. The molecule has 0 aliphatic carbocycles. The van der Waals surface area contributed by atoms with Crippen LogP contribution in [0.5, 0.6) is 0 Å². The summed E-state index contributed by atoms with van der Waals surface area (Å²) in [6.07, 6.45) is 2.43. The first kappa shape index (κ1) is 18.6. The molecular weight excluding hydrogens is 365 g/mol. The summed E-state index contributed by atoms with van der Waals surface area (Å²) in [7, 11) is 0. The molecule has 28 heavy (non-hydrogen) atoms. The summed E-state index contributed by atoms with van der Waals surface area (Å²) >= 11 is 0. The van der Waals surface area contributed by atoms with Crippen LogP contribution in [0.4, 0.5) is 15.8 Å². The number of benzene rings is 1. The molecule has 9 heteroatoms. The van der Waals surface area contributed by atoms with Crippen LogP contribution < -0.4 is 15.8 Å². The number of anilines is 2. The Morgan fingerprint density at radius 2 is 2.14 bits per heavy atom. The van der Waals surface area contributed by atoms with Crippen molar-refractivity contribution in [1.82, 2.24) is 15.3 Å². The quantitative estimate of drug-likeness (QED) is 0.690. The molecule has 2 aromatic rings. The smallest absolute Gasteiger partial charge is 0.337 e. The Labute approximate surface area is 161 Å². The van der Waals surface area contributed by atoms with Crippen LogP contribution in [-0.2, 0) is 4.74 Å². The molecule has 2 aliphatic heterocycles. The van der Waals surface area contributed by atoms with Crippen LogP contribution in [0, 0.1) is 5.82 Å². The Kier molecular flexibility index (Phi) is 5.38. The van der Waals surface area contributed by atoms with E-state index in [2.05, 4.69) is 20.6 Å². The lowest BCUT2D eigenvalue weighted by molar-refractivity contribution is 0.0389. The minimum absolute atomic E-state index is 0.113. The zero-order valence-electron chi connectivity index (χ0n) is 15.3.